The van der Waals surface area contributed by atoms with Crippen LogP contribution in [-0.2, 0) is 4.89 Å². The normalized spacial score (nSPS) is 12.9. The van der Waals surface area contributed by atoms with Gasteiger partial charge >= 0.3 is 0 Å². The summed E-state index contributed by atoms with van der Waals surface area (Å²) < 4.78 is 0. The van der Waals surface area contributed by atoms with Crippen molar-refractivity contribution >= 4 is 0 Å². The molecule has 0 spiro atoms. The van der Waals surface area contributed by atoms with Crippen molar-refractivity contribution in [2.45, 2.75) is 6.04 Å². The molecule has 0 bridgehead atoms. The first-order chi connectivity index (χ1) is 5.34. The monoisotopic (exact) mass is 153 g/mol. The van der Waals surface area contributed by atoms with Gasteiger partial charge < -0.3 is 5.73 Å². The van der Waals surface area contributed by atoms with E-state index in [-0.39, 0.29) is 12.6 Å². The number of hydrogen-bond acceptors (Lipinski definition) is 3. The highest BCUT2D eigenvalue weighted by Gasteiger charge is 2.03. The topological polar surface area (TPSA) is 55.5 Å². The maximum atomic E-state index is 8.12. The number of rotatable bonds is 3. The Morgan fingerprint density at radius 2 is 2.00 bits per heavy atom. The molecule has 0 radical (unpaired) electrons. The van der Waals surface area contributed by atoms with E-state index in [4.69, 9.17) is 11.0 Å². The Labute approximate surface area is 65.3 Å². The van der Waals surface area contributed by atoms with Crippen LogP contribution in [0.25, 0.3) is 0 Å². The summed E-state index contributed by atoms with van der Waals surface area (Å²) in [6.45, 7) is 0.129. The molecule has 1 unspecified atom stereocenters. The minimum absolute atomic E-state index is 0.129. The highest BCUT2D eigenvalue weighted by atomic mass is 17.1. The second kappa shape index (κ2) is 4.08. The molecule has 0 heterocycles. The molecule has 1 aromatic rings. The summed E-state index contributed by atoms with van der Waals surface area (Å²) in [5, 5.41) is 8.12. The van der Waals surface area contributed by atoms with Gasteiger partial charge in [0.2, 0.25) is 0 Å². The van der Waals surface area contributed by atoms with Gasteiger partial charge in [-0.1, -0.05) is 30.3 Å². The van der Waals surface area contributed by atoms with E-state index in [2.05, 4.69) is 4.89 Å². The Morgan fingerprint density at radius 1 is 1.36 bits per heavy atom. The fourth-order valence-electron chi connectivity index (χ4n) is 0.877. The lowest BCUT2D eigenvalue weighted by Gasteiger charge is -2.08. The molecule has 0 aliphatic heterocycles. The Balaban J connectivity index is 2.61. The zero-order valence-electron chi connectivity index (χ0n) is 6.10. The first kappa shape index (κ1) is 8.20. The summed E-state index contributed by atoms with van der Waals surface area (Å²) in [6.07, 6.45) is 0. The van der Waals surface area contributed by atoms with Gasteiger partial charge in [0.05, 0.1) is 6.04 Å². The van der Waals surface area contributed by atoms with E-state index in [9.17, 15) is 0 Å². The van der Waals surface area contributed by atoms with Gasteiger partial charge in [0.15, 0.2) is 0 Å². The van der Waals surface area contributed by atoms with Crippen molar-refractivity contribution in [3.63, 3.8) is 0 Å². The van der Waals surface area contributed by atoms with Crippen LogP contribution in [0.15, 0.2) is 30.3 Å². The molecule has 0 amide bonds. The number of nitrogens with two attached hydrogens (primary N) is 1. The van der Waals surface area contributed by atoms with Crippen molar-refractivity contribution in [2.75, 3.05) is 6.61 Å². The molecule has 0 aromatic heterocycles. The lowest BCUT2D eigenvalue weighted by atomic mass is 10.1. The third kappa shape index (κ3) is 2.31. The van der Waals surface area contributed by atoms with Crippen LogP contribution >= 0.6 is 0 Å². The van der Waals surface area contributed by atoms with Crippen LogP contribution in [0.5, 0.6) is 0 Å². The molecular formula is C8H11NO2. The third-order valence-electron chi connectivity index (χ3n) is 1.48. The quantitative estimate of drug-likeness (QED) is 0.506. The maximum Gasteiger partial charge on any atom is 0.101 e. The maximum absolute atomic E-state index is 8.12. The van der Waals surface area contributed by atoms with Crippen molar-refractivity contribution in [3.05, 3.63) is 35.9 Å². The van der Waals surface area contributed by atoms with E-state index in [0.29, 0.717) is 0 Å². The van der Waals surface area contributed by atoms with E-state index < -0.39 is 0 Å². The zero-order valence-corrected chi connectivity index (χ0v) is 6.10. The SMILES string of the molecule is NC(COO)c1ccccc1. The molecule has 3 N–H and O–H groups in total. The smallest absolute Gasteiger partial charge is 0.101 e. The average molecular weight is 153 g/mol. The lowest BCUT2D eigenvalue weighted by molar-refractivity contribution is -0.245. The van der Waals surface area contributed by atoms with E-state index in [1.807, 2.05) is 30.3 Å². The molecule has 0 saturated heterocycles. The molecule has 11 heavy (non-hydrogen) atoms. The Kier molecular flexibility index (Phi) is 3.04. The van der Waals surface area contributed by atoms with Gasteiger partial charge in [0.25, 0.3) is 0 Å². The highest BCUT2D eigenvalue weighted by molar-refractivity contribution is 5.18. The molecule has 3 heteroatoms. The van der Waals surface area contributed by atoms with Crippen LogP contribution in [0.4, 0.5) is 0 Å². The van der Waals surface area contributed by atoms with Crippen molar-refractivity contribution in [3.8, 4) is 0 Å². The predicted octanol–water partition coefficient (Wildman–Crippen LogP) is 1.18. The van der Waals surface area contributed by atoms with Gasteiger partial charge in [-0.3, -0.25) is 5.26 Å². The largest absolute Gasteiger partial charge is 0.322 e. The summed E-state index contributed by atoms with van der Waals surface area (Å²) in [5.41, 5.74) is 6.58. The molecule has 3 nitrogen and oxygen atoms in total. The molecule has 1 atom stereocenters. The van der Waals surface area contributed by atoms with Crippen molar-refractivity contribution in [1.29, 1.82) is 0 Å². The van der Waals surface area contributed by atoms with E-state index in [1.54, 1.807) is 0 Å². The molecule has 1 aromatic carbocycles. The van der Waals surface area contributed by atoms with Gasteiger partial charge in [-0.2, -0.15) is 0 Å². The average Bonchev–Trinajstić information content (AvgIpc) is 2.07. The number of hydrogen-bond donors (Lipinski definition) is 2. The predicted molar refractivity (Wildman–Crippen MR) is 42.0 cm³/mol. The van der Waals surface area contributed by atoms with Crippen LogP contribution in [0, 0.1) is 0 Å². The molecule has 1 rings (SSSR count). The first-order valence-electron chi connectivity index (χ1n) is 3.41. The van der Waals surface area contributed by atoms with E-state index in [0.717, 1.165) is 5.56 Å². The molecule has 0 fully saturated rings. The summed E-state index contributed by atoms with van der Waals surface area (Å²) >= 11 is 0. The summed E-state index contributed by atoms with van der Waals surface area (Å²) in [5.74, 6) is 0. The fraction of sp³-hybridized carbons (Fsp3) is 0.250. The van der Waals surface area contributed by atoms with Gasteiger partial charge in [-0.25, -0.2) is 4.89 Å². The second-order valence-corrected chi connectivity index (χ2v) is 2.31. The van der Waals surface area contributed by atoms with Crippen molar-refractivity contribution < 1.29 is 10.1 Å². The summed E-state index contributed by atoms with van der Waals surface area (Å²) in [4.78, 5) is 3.93. The van der Waals surface area contributed by atoms with Crippen LogP contribution in [-0.4, -0.2) is 11.9 Å². The van der Waals surface area contributed by atoms with Crippen LogP contribution in [0.1, 0.15) is 11.6 Å². The minimum atomic E-state index is -0.249. The molecule has 0 aliphatic rings. The summed E-state index contributed by atoms with van der Waals surface area (Å²) in [6, 6.07) is 9.24. The van der Waals surface area contributed by atoms with Crippen LogP contribution in [0.2, 0.25) is 0 Å². The van der Waals surface area contributed by atoms with Gasteiger partial charge in [-0.05, 0) is 5.56 Å². The zero-order chi connectivity index (χ0) is 8.10. The minimum Gasteiger partial charge on any atom is -0.322 e. The van der Waals surface area contributed by atoms with Gasteiger partial charge in [0.1, 0.15) is 6.61 Å². The Morgan fingerprint density at radius 3 is 2.55 bits per heavy atom. The Bertz CT molecular complexity index is 201. The molecular weight excluding hydrogens is 142 g/mol. The third-order valence-corrected chi connectivity index (χ3v) is 1.48. The highest BCUT2D eigenvalue weighted by Crippen LogP contribution is 2.08. The standard InChI is InChI=1S/C8H11NO2/c9-8(6-11-10)7-4-2-1-3-5-7/h1-5,8,10H,6,9H2. The van der Waals surface area contributed by atoms with E-state index in [1.165, 1.54) is 0 Å². The van der Waals surface area contributed by atoms with Crippen molar-refractivity contribution in [1.82, 2.24) is 0 Å². The van der Waals surface area contributed by atoms with E-state index >= 15 is 0 Å². The van der Waals surface area contributed by atoms with Crippen molar-refractivity contribution in [2.24, 2.45) is 5.73 Å². The lowest BCUT2D eigenvalue weighted by Crippen LogP contribution is -2.15. The van der Waals surface area contributed by atoms with Gasteiger partial charge in [0, 0.05) is 0 Å². The Hall–Kier alpha value is -0.900. The molecule has 0 aliphatic carbocycles. The number of benzene rings is 1. The van der Waals surface area contributed by atoms with Crippen LogP contribution in [0.3, 0.4) is 0 Å². The fourth-order valence-corrected chi connectivity index (χ4v) is 0.877. The van der Waals surface area contributed by atoms with Crippen LogP contribution < -0.4 is 5.73 Å². The molecule has 60 valence electrons. The first-order valence-corrected chi connectivity index (χ1v) is 3.41. The summed E-state index contributed by atoms with van der Waals surface area (Å²) in [7, 11) is 0. The molecule has 0 saturated carbocycles. The second-order valence-electron chi connectivity index (χ2n) is 2.31. The van der Waals surface area contributed by atoms with Gasteiger partial charge in [-0.15, -0.1) is 0 Å².